The van der Waals surface area contributed by atoms with E-state index in [1.54, 1.807) is 24.3 Å². The number of carbonyl (C=O) groups is 1. The van der Waals surface area contributed by atoms with E-state index < -0.39 is 22.7 Å². The van der Waals surface area contributed by atoms with Gasteiger partial charge in [-0.25, -0.2) is 9.50 Å². The summed E-state index contributed by atoms with van der Waals surface area (Å²) in [4.78, 5) is 27.8. The van der Waals surface area contributed by atoms with Crippen molar-refractivity contribution in [1.29, 1.82) is 0 Å². The molecule has 2 aromatic carbocycles. The molecule has 36 heavy (non-hydrogen) atoms. The maximum absolute atomic E-state index is 13.6. The predicted molar refractivity (Wildman–Crippen MR) is 123 cm³/mol. The Morgan fingerprint density at radius 3 is 2.47 bits per heavy atom. The molecule has 1 N–H and O–H groups in total. The Bertz CT molecular complexity index is 1500. The molecular formula is C23H15ClF3N5O4. The molecule has 0 bridgehead atoms. The van der Waals surface area contributed by atoms with Crippen LogP contribution in [0.1, 0.15) is 40.6 Å². The summed E-state index contributed by atoms with van der Waals surface area (Å²) in [5.74, 6) is -0.534. The lowest BCUT2D eigenvalue weighted by Gasteiger charge is -2.10. The molecule has 0 saturated heterocycles. The summed E-state index contributed by atoms with van der Waals surface area (Å²) in [6.45, 7) is 0. The Hall–Kier alpha value is -4.19. The lowest BCUT2D eigenvalue weighted by atomic mass is 10.2. The highest BCUT2D eigenvalue weighted by molar-refractivity contribution is 6.30. The Balaban J connectivity index is 1.46. The number of alkyl halides is 3. The normalized spacial score (nSPS) is 13.6. The number of carbonyl (C=O) groups excluding carboxylic acids is 1. The molecule has 5 rings (SSSR count). The van der Waals surface area contributed by atoms with Crippen molar-refractivity contribution in [2.45, 2.75) is 24.9 Å². The molecule has 2 heterocycles. The number of fused-ring (bicyclic) bond motifs is 1. The van der Waals surface area contributed by atoms with E-state index in [1.165, 1.54) is 6.07 Å². The summed E-state index contributed by atoms with van der Waals surface area (Å²) in [6, 6.07) is 11.9. The van der Waals surface area contributed by atoms with Gasteiger partial charge in [0, 0.05) is 34.8 Å². The van der Waals surface area contributed by atoms with Gasteiger partial charge in [-0.1, -0.05) is 11.6 Å². The molecule has 0 spiro atoms. The van der Waals surface area contributed by atoms with Crippen molar-refractivity contribution in [2.75, 3.05) is 5.32 Å². The van der Waals surface area contributed by atoms with Crippen molar-refractivity contribution in [3.63, 3.8) is 0 Å². The molecule has 0 radical (unpaired) electrons. The zero-order valence-corrected chi connectivity index (χ0v) is 18.9. The molecule has 1 aliphatic carbocycles. The van der Waals surface area contributed by atoms with Crippen LogP contribution in [0.4, 0.5) is 24.5 Å². The number of nitrogens with zero attached hydrogens (tertiary/aromatic N) is 4. The van der Waals surface area contributed by atoms with Crippen molar-refractivity contribution < 1.29 is 27.6 Å². The molecule has 0 aliphatic heterocycles. The van der Waals surface area contributed by atoms with Crippen molar-refractivity contribution in [3.05, 3.63) is 86.8 Å². The molecule has 2 aromatic heterocycles. The molecule has 184 valence electrons. The Morgan fingerprint density at radius 2 is 1.83 bits per heavy atom. The number of anilines is 1. The third-order valence-corrected chi connectivity index (χ3v) is 5.63. The molecule has 4 aromatic rings. The van der Waals surface area contributed by atoms with Crippen molar-refractivity contribution in [3.8, 4) is 11.5 Å². The minimum atomic E-state index is -4.71. The number of nitro benzene ring substituents is 1. The number of hydrogen-bond acceptors (Lipinski definition) is 6. The Morgan fingerprint density at radius 1 is 1.11 bits per heavy atom. The number of halogens is 4. The van der Waals surface area contributed by atoms with Gasteiger partial charge in [-0.05, 0) is 43.2 Å². The van der Waals surface area contributed by atoms with Crippen LogP contribution >= 0.6 is 11.6 Å². The van der Waals surface area contributed by atoms with E-state index in [2.05, 4.69) is 15.4 Å². The number of nitrogens with one attached hydrogen (secondary N) is 1. The molecule has 13 heteroatoms. The van der Waals surface area contributed by atoms with E-state index in [1.807, 2.05) is 0 Å². The summed E-state index contributed by atoms with van der Waals surface area (Å²) in [5, 5.41) is 18.1. The van der Waals surface area contributed by atoms with Gasteiger partial charge in [-0.15, -0.1) is 0 Å². The number of ether oxygens (including phenoxy) is 1. The van der Waals surface area contributed by atoms with Crippen molar-refractivity contribution >= 4 is 34.5 Å². The number of rotatable bonds is 6. The predicted octanol–water partition coefficient (Wildman–Crippen LogP) is 6.23. The minimum absolute atomic E-state index is 0.0158. The fourth-order valence-electron chi connectivity index (χ4n) is 3.55. The van der Waals surface area contributed by atoms with E-state index in [4.69, 9.17) is 16.3 Å². The molecule has 1 saturated carbocycles. The van der Waals surface area contributed by atoms with E-state index in [9.17, 15) is 28.1 Å². The van der Waals surface area contributed by atoms with Gasteiger partial charge in [0.2, 0.25) is 0 Å². The van der Waals surface area contributed by atoms with Gasteiger partial charge in [0.05, 0.1) is 16.7 Å². The molecule has 1 amide bonds. The van der Waals surface area contributed by atoms with Gasteiger partial charge in [0.1, 0.15) is 17.2 Å². The number of non-ortho nitro benzene ring substituents is 1. The average Bonchev–Trinajstić information content (AvgIpc) is 3.57. The summed E-state index contributed by atoms with van der Waals surface area (Å²) in [6.07, 6.45) is -3.22. The van der Waals surface area contributed by atoms with E-state index in [0.29, 0.717) is 21.0 Å². The number of amides is 1. The first-order chi connectivity index (χ1) is 17.1. The highest BCUT2D eigenvalue weighted by Crippen LogP contribution is 2.41. The smallest absolute Gasteiger partial charge is 0.433 e. The fourth-order valence-corrected chi connectivity index (χ4v) is 3.67. The first-order valence-electron chi connectivity index (χ1n) is 10.6. The topological polar surface area (TPSA) is 112 Å². The minimum Gasteiger partial charge on any atom is -0.457 e. The Labute approximate surface area is 205 Å². The summed E-state index contributed by atoms with van der Waals surface area (Å²) < 4.78 is 47.1. The average molecular weight is 518 g/mol. The first-order valence-corrected chi connectivity index (χ1v) is 11.0. The van der Waals surface area contributed by atoms with E-state index in [0.717, 1.165) is 37.1 Å². The van der Waals surface area contributed by atoms with Gasteiger partial charge in [-0.2, -0.15) is 18.3 Å². The van der Waals surface area contributed by atoms with Crippen LogP contribution in [0.15, 0.2) is 54.6 Å². The number of nitro groups is 1. The molecule has 1 aliphatic rings. The fraction of sp³-hybridized carbons (Fsp3) is 0.174. The number of hydrogen-bond donors (Lipinski definition) is 1. The third-order valence-electron chi connectivity index (χ3n) is 5.38. The lowest BCUT2D eigenvalue weighted by molar-refractivity contribution is -0.384. The van der Waals surface area contributed by atoms with Crippen LogP contribution in [0, 0.1) is 10.1 Å². The van der Waals surface area contributed by atoms with Crippen LogP contribution in [0.5, 0.6) is 11.5 Å². The summed E-state index contributed by atoms with van der Waals surface area (Å²) in [7, 11) is 0. The molecular weight excluding hydrogens is 503 g/mol. The van der Waals surface area contributed by atoms with Gasteiger partial charge >= 0.3 is 6.18 Å². The van der Waals surface area contributed by atoms with Gasteiger partial charge < -0.3 is 10.1 Å². The van der Waals surface area contributed by atoms with E-state index in [-0.39, 0.29) is 34.4 Å². The second-order valence-corrected chi connectivity index (χ2v) is 8.56. The highest BCUT2D eigenvalue weighted by atomic mass is 35.5. The molecule has 0 unspecified atom stereocenters. The highest BCUT2D eigenvalue weighted by Gasteiger charge is 2.37. The van der Waals surface area contributed by atoms with Gasteiger partial charge in [0.25, 0.3) is 11.6 Å². The van der Waals surface area contributed by atoms with E-state index >= 15 is 0 Å². The molecule has 9 nitrogen and oxygen atoms in total. The Kier molecular flexibility index (Phi) is 5.75. The van der Waals surface area contributed by atoms with Crippen LogP contribution in [0.25, 0.3) is 5.65 Å². The number of benzene rings is 2. The molecule has 1 fully saturated rings. The van der Waals surface area contributed by atoms with Crippen LogP contribution in [0.3, 0.4) is 0 Å². The second-order valence-electron chi connectivity index (χ2n) is 8.12. The van der Waals surface area contributed by atoms with Crippen molar-refractivity contribution in [1.82, 2.24) is 14.6 Å². The maximum Gasteiger partial charge on any atom is 0.433 e. The monoisotopic (exact) mass is 517 g/mol. The zero-order valence-electron chi connectivity index (χ0n) is 18.1. The second kappa shape index (κ2) is 8.79. The van der Waals surface area contributed by atoms with Crippen LogP contribution in [-0.2, 0) is 6.18 Å². The third kappa shape index (κ3) is 4.93. The zero-order chi connectivity index (χ0) is 25.6. The SMILES string of the molecule is O=C(Nc1cc(Oc2ccc(Cl)cc2)cc([N+](=O)[O-])c1)c1cc2nc(C3CC3)cc(C(F)(F)F)n2n1. The molecule has 0 atom stereocenters. The lowest BCUT2D eigenvalue weighted by Crippen LogP contribution is -2.16. The largest absolute Gasteiger partial charge is 0.457 e. The summed E-state index contributed by atoms with van der Waals surface area (Å²) in [5.41, 5.74) is -1.60. The summed E-state index contributed by atoms with van der Waals surface area (Å²) >= 11 is 5.85. The van der Waals surface area contributed by atoms with Crippen LogP contribution in [-0.4, -0.2) is 25.4 Å². The van der Waals surface area contributed by atoms with Gasteiger partial charge in [0.15, 0.2) is 11.3 Å². The maximum atomic E-state index is 13.6. The van der Waals surface area contributed by atoms with Crippen LogP contribution in [0.2, 0.25) is 5.02 Å². The standard InChI is InChI=1S/C23H15ClF3N5O4/c24-13-3-5-16(6-4-13)36-17-8-14(7-15(9-17)32(34)35)28-22(33)19-11-21-29-18(12-1-2-12)10-20(23(25,26)27)31(21)30-19/h3-12H,1-2H2,(H,28,33). The van der Waals surface area contributed by atoms with Crippen molar-refractivity contribution in [2.24, 2.45) is 0 Å². The quantitative estimate of drug-likeness (QED) is 0.239. The number of aromatic nitrogens is 3. The van der Waals surface area contributed by atoms with Gasteiger partial charge in [-0.3, -0.25) is 14.9 Å². The first kappa shape index (κ1) is 23.5. The van der Waals surface area contributed by atoms with Crippen LogP contribution < -0.4 is 10.1 Å².